The number of hydrogen-bond donors (Lipinski definition) is 0. The molecule has 0 N–H and O–H groups in total. The third kappa shape index (κ3) is 1.30. The molecule has 4 aliphatic rings. The Hall–Kier alpha value is -2.32. The van der Waals surface area contributed by atoms with Gasteiger partial charge in [0.15, 0.2) is 0 Å². The van der Waals surface area contributed by atoms with E-state index in [-0.39, 0.29) is 12.6 Å². The number of benzene rings is 1. The lowest BCUT2D eigenvalue weighted by atomic mass is 9.80. The Labute approximate surface area is 132 Å². The summed E-state index contributed by atoms with van der Waals surface area (Å²) in [4.78, 5) is 18.6. The first-order chi connectivity index (χ1) is 11.3. The summed E-state index contributed by atoms with van der Waals surface area (Å²) >= 11 is 0. The van der Waals surface area contributed by atoms with E-state index in [1.54, 1.807) is 6.92 Å². The Balaban J connectivity index is 1.69. The van der Waals surface area contributed by atoms with Crippen molar-refractivity contribution in [2.45, 2.75) is 24.2 Å². The standard InChI is InChI=1S/C15H15N5O3/c1-2-22-13(21)14-11-8-19(11)20-9-16-18-15(14,20)12(17-23-14)10-6-4-3-5-7-10/h3-7,11H,2,8-9H2,1H3/t11-,14-,15+,19?/m0/s1. The summed E-state index contributed by atoms with van der Waals surface area (Å²) in [6.07, 6.45) is 0. The highest BCUT2D eigenvalue weighted by Gasteiger charge is 2.87. The van der Waals surface area contributed by atoms with E-state index in [9.17, 15) is 4.79 Å². The lowest BCUT2D eigenvalue weighted by molar-refractivity contribution is -0.175. The van der Waals surface area contributed by atoms with Crippen LogP contribution >= 0.6 is 0 Å². The van der Waals surface area contributed by atoms with Crippen LogP contribution in [0, 0.1) is 0 Å². The molecule has 8 nitrogen and oxygen atoms in total. The van der Waals surface area contributed by atoms with Crippen molar-refractivity contribution >= 4 is 11.7 Å². The number of hydrogen-bond acceptors (Lipinski definition) is 8. The highest BCUT2D eigenvalue weighted by atomic mass is 16.7. The predicted octanol–water partition coefficient (Wildman–Crippen LogP) is 0.757. The van der Waals surface area contributed by atoms with E-state index in [4.69, 9.17) is 9.57 Å². The molecule has 4 heterocycles. The molecule has 23 heavy (non-hydrogen) atoms. The van der Waals surface area contributed by atoms with Gasteiger partial charge >= 0.3 is 5.97 Å². The second kappa shape index (κ2) is 4.15. The number of rotatable bonds is 3. The maximum atomic E-state index is 12.8. The highest BCUT2D eigenvalue weighted by Crippen LogP contribution is 2.59. The number of oxime groups is 1. The Bertz CT molecular complexity index is 751. The molecule has 8 heteroatoms. The van der Waals surface area contributed by atoms with Crippen molar-refractivity contribution in [3.8, 4) is 0 Å². The van der Waals surface area contributed by atoms with E-state index in [1.165, 1.54) is 0 Å². The zero-order valence-electron chi connectivity index (χ0n) is 12.5. The van der Waals surface area contributed by atoms with Crippen LogP contribution in [0.4, 0.5) is 0 Å². The van der Waals surface area contributed by atoms with Gasteiger partial charge in [0.05, 0.1) is 12.6 Å². The van der Waals surface area contributed by atoms with Crippen LogP contribution in [0.15, 0.2) is 45.7 Å². The van der Waals surface area contributed by atoms with Crippen LogP contribution in [-0.4, -0.2) is 58.8 Å². The molecule has 4 atom stereocenters. The summed E-state index contributed by atoms with van der Waals surface area (Å²) < 4.78 is 5.32. The minimum atomic E-state index is -1.27. The number of azo groups is 1. The predicted molar refractivity (Wildman–Crippen MR) is 78.2 cm³/mol. The normalized spacial score (nSPS) is 39.3. The van der Waals surface area contributed by atoms with Crippen molar-refractivity contribution in [1.82, 2.24) is 10.0 Å². The van der Waals surface area contributed by atoms with Crippen LogP contribution < -0.4 is 0 Å². The Morgan fingerprint density at radius 3 is 3.04 bits per heavy atom. The molecule has 1 aromatic carbocycles. The van der Waals surface area contributed by atoms with Crippen LogP contribution in [0.25, 0.3) is 0 Å². The third-order valence-corrected chi connectivity index (χ3v) is 4.91. The number of nitrogens with zero attached hydrogens (tertiary/aromatic N) is 5. The Kier molecular flexibility index (Phi) is 2.37. The maximum Gasteiger partial charge on any atom is 0.359 e. The van der Waals surface area contributed by atoms with E-state index >= 15 is 0 Å². The SMILES string of the molecule is CCOC(=O)[C@]12ON=C(c3ccccc3)[C@]13N=NCN3N1C[C@H]12. The zero-order valence-corrected chi connectivity index (χ0v) is 12.5. The van der Waals surface area contributed by atoms with E-state index in [0.717, 1.165) is 12.1 Å². The summed E-state index contributed by atoms with van der Waals surface area (Å²) in [5.41, 5.74) is -0.843. The average Bonchev–Trinajstić information content (AvgIpc) is 3.01. The van der Waals surface area contributed by atoms with Crippen LogP contribution in [0.1, 0.15) is 12.5 Å². The van der Waals surface area contributed by atoms with Crippen LogP contribution in [0.5, 0.6) is 0 Å². The first kappa shape index (κ1) is 13.1. The van der Waals surface area contributed by atoms with Gasteiger partial charge in [-0.05, 0) is 6.92 Å². The summed E-state index contributed by atoms with van der Waals surface area (Å²) in [6.45, 7) is 3.18. The van der Waals surface area contributed by atoms with Gasteiger partial charge in [0.2, 0.25) is 5.66 Å². The Morgan fingerprint density at radius 2 is 2.26 bits per heavy atom. The first-order valence-electron chi connectivity index (χ1n) is 7.68. The molecule has 1 aromatic rings. The van der Waals surface area contributed by atoms with Crippen molar-refractivity contribution in [3.63, 3.8) is 0 Å². The van der Waals surface area contributed by atoms with E-state index in [0.29, 0.717) is 12.4 Å². The average molecular weight is 313 g/mol. The van der Waals surface area contributed by atoms with Crippen LogP contribution in [0.2, 0.25) is 0 Å². The molecule has 1 spiro atoms. The second-order valence-electron chi connectivity index (χ2n) is 5.95. The number of esters is 1. The van der Waals surface area contributed by atoms with Gasteiger partial charge in [-0.15, -0.1) is 0 Å². The molecule has 0 aromatic heterocycles. The summed E-state index contributed by atoms with van der Waals surface area (Å²) in [7, 11) is 0. The van der Waals surface area contributed by atoms with E-state index in [2.05, 4.69) is 20.4 Å². The molecule has 2 saturated heterocycles. The van der Waals surface area contributed by atoms with Crippen LogP contribution in [0.3, 0.4) is 0 Å². The lowest BCUT2D eigenvalue weighted by Crippen LogP contribution is -2.65. The molecule has 0 amide bonds. The fourth-order valence-electron chi connectivity index (χ4n) is 3.90. The van der Waals surface area contributed by atoms with Crippen molar-refractivity contribution in [1.29, 1.82) is 0 Å². The number of fused-ring (bicyclic) bond motifs is 3. The fourth-order valence-corrected chi connectivity index (χ4v) is 3.90. The first-order valence-corrected chi connectivity index (χ1v) is 7.68. The second-order valence-corrected chi connectivity index (χ2v) is 5.95. The minimum absolute atomic E-state index is 0.106. The molecule has 5 rings (SSSR count). The van der Waals surface area contributed by atoms with E-state index in [1.807, 2.05) is 35.3 Å². The molecule has 0 aliphatic carbocycles. The third-order valence-electron chi connectivity index (χ3n) is 4.91. The molecule has 1 unspecified atom stereocenters. The van der Waals surface area contributed by atoms with Gasteiger partial charge in [-0.1, -0.05) is 35.5 Å². The molecule has 2 fully saturated rings. The van der Waals surface area contributed by atoms with Crippen molar-refractivity contribution < 1.29 is 14.4 Å². The van der Waals surface area contributed by atoms with Crippen LogP contribution in [-0.2, 0) is 14.4 Å². The van der Waals surface area contributed by atoms with Gasteiger partial charge < -0.3 is 9.57 Å². The van der Waals surface area contributed by atoms with Gasteiger partial charge in [-0.2, -0.15) is 15.2 Å². The molecular weight excluding hydrogens is 298 g/mol. The number of carbonyl (C=O) groups excluding carboxylic acids is 1. The van der Waals surface area contributed by atoms with E-state index < -0.39 is 17.2 Å². The Morgan fingerprint density at radius 1 is 1.43 bits per heavy atom. The summed E-state index contributed by atoms with van der Waals surface area (Å²) in [6, 6.07) is 9.54. The topological polar surface area (TPSA) is 78.9 Å². The zero-order chi connectivity index (χ0) is 15.7. The molecule has 0 radical (unpaired) electrons. The maximum absolute atomic E-state index is 12.8. The largest absolute Gasteiger partial charge is 0.463 e. The van der Waals surface area contributed by atoms with Gasteiger partial charge in [0, 0.05) is 12.1 Å². The minimum Gasteiger partial charge on any atom is -0.463 e. The molecule has 0 bridgehead atoms. The molecule has 118 valence electrons. The van der Waals surface area contributed by atoms with Gasteiger partial charge in [-0.25, -0.2) is 9.80 Å². The lowest BCUT2D eigenvalue weighted by Gasteiger charge is -2.34. The van der Waals surface area contributed by atoms with Gasteiger partial charge in [0.25, 0.3) is 5.60 Å². The van der Waals surface area contributed by atoms with Gasteiger partial charge in [-0.3, -0.25) is 0 Å². The molecule has 0 saturated carbocycles. The van der Waals surface area contributed by atoms with Crippen molar-refractivity contribution in [2.75, 3.05) is 19.8 Å². The summed E-state index contributed by atoms with van der Waals surface area (Å²) in [5, 5.41) is 17.0. The smallest absolute Gasteiger partial charge is 0.359 e. The summed E-state index contributed by atoms with van der Waals surface area (Å²) in [5.74, 6) is -0.425. The van der Waals surface area contributed by atoms with Gasteiger partial charge in [0.1, 0.15) is 12.4 Å². The molecule has 4 aliphatic heterocycles. The van der Waals surface area contributed by atoms with Crippen molar-refractivity contribution in [3.05, 3.63) is 35.9 Å². The van der Waals surface area contributed by atoms with Crippen molar-refractivity contribution in [2.24, 2.45) is 15.4 Å². The monoisotopic (exact) mass is 313 g/mol. The fraction of sp³-hybridized carbons (Fsp3) is 0.467. The number of carbonyl (C=O) groups is 1. The number of hydrazine groups is 1. The molecular formula is C15H15N5O3. The quantitative estimate of drug-likeness (QED) is 0.608. The highest BCUT2D eigenvalue weighted by molar-refractivity contribution is 6.13. The number of ether oxygens (including phenoxy) is 1.